The highest BCUT2D eigenvalue weighted by atomic mass is 35.5. The number of fused-ring (bicyclic) bond motifs is 3. The van der Waals surface area contributed by atoms with Crippen molar-refractivity contribution < 1.29 is 13.2 Å². The summed E-state index contributed by atoms with van der Waals surface area (Å²) in [6.45, 7) is -1.08. The SMILES string of the molecule is FC(F)(F)Cn1c2cnccc2c2cc(Cl)cc(-c3ccccc3)c21. The van der Waals surface area contributed by atoms with Crippen LogP contribution in [0.15, 0.2) is 60.9 Å². The third-order valence-corrected chi connectivity index (χ3v) is 4.37. The molecular formula is C19H12ClF3N2. The second-order valence-corrected chi connectivity index (χ2v) is 6.25. The lowest BCUT2D eigenvalue weighted by Gasteiger charge is -2.13. The quantitative estimate of drug-likeness (QED) is 0.424. The van der Waals surface area contributed by atoms with Crippen molar-refractivity contribution in [3.63, 3.8) is 0 Å². The Labute approximate surface area is 146 Å². The molecule has 0 unspecified atom stereocenters. The standard InChI is InChI=1S/C19H12ClF3N2/c20-13-8-15(12-4-2-1-3-5-12)18-16(9-13)14-6-7-24-10-17(14)25(18)11-19(21,22)23/h1-10H,11H2. The van der Waals surface area contributed by atoms with Gasteiger partial charge in [0.2, 0.25) is 0 Å². The molecule has 0 aliphatic rings. The van der Waals surface area contributed by atoms with Gasteiger partial charge in [-0.2, -0.15) is 13.2 Å². The highest BCUT2D eigenvalue weighted by Crippen LogP contribution is 2.39. The summed E-state index contributed by atoms with van der Waals surface area (Å²) in [5.74, 6) is 0. The summed E-state index contributed by atoms with van der Waals surface area (Å²) in [4.78, 5) is 4.00. The fourth-order valence-corrected chi connectivity index (χ4v) is 3.44. The number of hydrogen-bond donors (Lipinski definition) is 0. The van der Waals surface area contributed by atoms with Crippen LogP contribution in [0.1, 0.15) is 0 Å². The van der Waals surface area contributed by atoms with Crippen LogP contribution < -0.4 is 0 Å². The van der Waals surface area contributed by atoms with Gasteiger partial charge in [0.05, 0.1) is 17.2 Å². The van der Waals surface area contributed by atoms with Crippen LogP contribution in [-0.2, 0) is 6.54 Å². The lowest BCUT2D eigenvalue weighted by molar-refractivity contribution is -0.139. The maximum absolute atomic E-state index is 13.2. The summed E-state index contributed by atoms with van der Waals surface area (Å²) in [6, 6.07) is 14.4. The molecule has 2 nitrogen and oxygen atoms in total. The highest BCUT2D eigenvalue weighted by molar-refractivity contribution is 6.32. The molecule has 0 fully saturated rings. The molecule has 126 valence electrons. The van der Waals surface area contributed by atoms with E-state index in [0.29, 0.717) is 32.4 Å². The van der Waals surface area contributed by atoms with Gasteiger partial charge < -0.3 is 4.57 Å². The van der Waals surface area contributed by atoms with Gasteiger partial charge in [-0.3, -0.25) is 4.98 Å². The maximum atomic E-state index is 13.2. The maximum Gasteiger partial charge on any atom is 0.406 e. The first-order valence-corrected chi connectivity index (χ1v) is 7.99. The summed E-state index contributed by atoms with van der Waals surface area (Å²) >= 11 is 6.27. The molecule has 0 amide bonds. The van der Waals surface area contributed by atoms with Gasteiger partial charge in [-0.1, -0.05) is 41.9 Å². The lowest BCUT2D eigenvalue weighted by Crippen LogP contribution is -2.17. The van der Waals surface area contributed by atoms with E-state index in [4.69, 9.17) is 11.6 Å². The van der Waals surface area contributed by atoms with Gasteiger partial charge in [0.25, 0.3) is 0 Å². The predicted molar refractivity (Wildman–Crippen MR) is 93.7 cm³/mol. The monoisotopic (exact) mass is 360 g/mol. The highest BCUT2D eigenvalue weighted by Gasteiger charge is 2.30. The fourth-order valence-electron chi connectivity index (χ4n) is 3.23. The molecule has 0 aliphatic carbocycles. The van der Waals surface area contributed by atoms with Crippen LogP contribution in [0.25, 0.3) is 32.9 Å². The first-order chi connectivity index (χ1) is 11.9. The van der Waals surface area contributed by atoms with E-state index in [-0.39, 0.29) is 0 Å². The number of nitrogens with zero attached hydrogens (tertiary/aromatic N) is 2. The third kappa shape index (κ3) is 2.85. The molecule has 2 aromatic carbocycles. The third-order valence-electron chi connectivity index (χ3n) is 4.15. The molecule has 0 aliphatic heterocycles. The predicted octanol–water partition coefficient (Wildman–Crippen LogP) is 6.07. The summed E-state index contributed by atoms with van der Waals surface area (Å²) in [5.41, 5.74) is 2.43. The first kappa shape index (κ1) is 16.0. The van der Waals surface area contributed by atoms with Crippen molar-refractivity contribution in [3.8, 4) is 11.1 Å². The number of alkyl halides is 3. The number of benzene rings is 2. The van der Waals surface area contributed by atoms with Gasteiger partial charge in [0.15, 0.2) is 0 Å². The number of hydrogen-bond acceptors (Lipinski definition) is 1. The minimum atomic E-state index is -4.34. The van der Waals surface area contributed by atoms with Gasteiger partial charge in [-0.15, -0.1) is 0 Å². The van der Waals surface area contributed by atoms with E-state index >= 15 is 0 Å². The van der Waals surface area contributed by atoms with E-state index in [0.717, 1.165) is 5.56 Å². The van der Waals surface area contributed by atoms with Gasteiger partial charge in [0.1, 0.15) is 6.54 Å². The molecule has 4 rings (SSSR count). The lowest BCUT2D eigenvalue weighted by atomic mass is 10.0. The molecule has 0 atom stereocenters. The van der Waals surface area contributed by atoms with Crippen LogP contribution in [0.2, 0.25) is 5.02 Å². The Morgan fingerprint density at radius 1 is 1.00 bits per heavy atom. The van der Waals surface area contributed by atoms with Crippen molar-refractivity contribution in [3.05, 3.63) is 65.9 Å². The van der Waals surface area contributed by atoms with Crippen LogP contribution >= 0.6 is 11.6 Å². The zero-order valence-electron chi connectivity index (χ0n) is 12.9. The van der Waals surface area contributed by atoms with Crippen LogP contribution in [0, 0.1) is 0 Å². The van der Waals surface area contributed by atoms with E-state index in [1.54, 1.807) is 24.4 Å². The van der Waals surface area contributed by atoms with Crippen molar-refractivity contribution >= 4 is 33.4 Å². The minimum absolute atomic E-state index is 0.439. The Bertz CT molecular complexity index is 1070. The van der Waals surface area contributed by atoms with Crippen molar-refractivity contribution in [1.29, 1.82) is 0 Å². The Morgan fingerprint density at radius 3 is 2.48 bits per heavy atom. The molecule has 6 heteroatoms. The zero-order valence-corrected chi connectivity index (χ0v) is 13.6. The Morgan fingerprint density at radius 2 is 1.76 bits per heavy atom. The van der Waals surface area contributed by atoms with E-state index in [1.165, 1.54) is 10.8 Å². The second-order valence-electron chi connectivity index (χ2n) is 5.81. The Balaban J connectivity index is 2.16. The molecule has 4 aromatic rings. The molecule has 25 heavy (non-hydrogen) atoms. The van der Waals surface area contributed by atoms with E-state index < -0.39 is 12.7 Å². The van der Waals surface area contributed by atoms with E-state index in [2.05, 4.69) is 4.98 Å². The molecule has 0 saturated heterocycles. The van der Waals surface area contributed by atoms with E-state index in [1.807, 2.05) is 30.3 Å². The van der Waals surface area contributed by atoms with E-state index in [9.17, 15) is 13.2 Å². The van der Waals surface area contributed by atoms with Crippen LogP contribution in [0.3, 0.4) is 0 Å². The van der Waals surface area contributed by atoms with Crippen molar-refractivity contribution in [1.82, 2.24) is 9.55 Å². The van der Waals surface area contributed by atoms with Gasteiger partial charge in [-0.25, -0.2) is 0 Å². The van der Waals surface area contributed by atoms with Crippen molar-refractivity contribution in [2.75, 3.05) is 0 Å². The molecule has 2 heterocycles. The topological polar surface area (TPSA) is 17.8 Å². The molecule has 0 radical (unpaired) electrons. The number of pyridine rings is 1. The fraction of sp³-hybridized carbons (Fsp3) is 0.105. The summed E-state index contributed by atoms with van der Waals surface area (Å²) in [5, 5.41) is 1.87. The van der Waals surface area contributed by atoms with Gasteiger partial charge in [0, 0.05) is 27.6 Å². The first-order valence-electron chi connectivity index (χ1n) is 7.62. The summed E-state index contributed by atoms with van der Waals surface area (Å²) in [6.07, 6.45) is -1.31. The largest absolute Gasteiger partial charge is 0.406 e. The number of aromatic nitrogens is 2. The van der Waals surface area contributed by atoms with Crippen molar-refractivity contribution in [2.45, 2.75) is 12.7 Å². The molecule has 0 saturated carbocycles. The normalized spacial score (nSPS) is 12.2. The molecular weight excluding hydrogens is 349 g/mol. The molecule has 0 bridgehead atoms. The number of halogens is 4. The summed E-state index contributed by atoms with van der Waals surface area (Å²) < 4.78 is 40.9. The van der Waals surface area contributed by atoms with Crippen LogP contribution in [0.4, 0.5) is 13.2 Å². The second kappa shape index (κ2) is 5.77. The Kier molecular flexibility index (Phi) is 3.69. The minimum Gasteiger partial charge on any atom is -0.329 e. The smallest absolute Gasteiger partial charge is 0.329 e. The molecule has 2 aromatic heterocycles. The average Bonchev–Trinajstić information content (AvgIpc) is 2.88. The Hall–Kier alpha value is -2.53. The average molecular weight is 361 g/mol. The van der Waals surface area contributed by atoms with Crippen LogP contribution in [0.5, 0.6) is 0 Å². The summed E-state index contributed by atoms with van der Waals surface area (Å²) in [7, 11) is 0. The zero-order chi connectivity index (χ0) is 17.6. The molecule has 0 spiro atoms. The van der Waals surface area contributed by atoms with Gasteiger partial charge in [-0.05, 0) is 23.8 Å². The van der Waals surface area contributed by atoms with Crippen molar-refractivity contribution in [2.24, 2.45) is 0 Å². The van der Waals surface area contributed by atoms with Crippen LogP contribution in [-0.4, -0.2) is 15.7 Å². The molecule has 0 N–H and O–H groups in total. The van der Waals surface area contributed by atoms with Gasteiger partial charge >= 0.3 is 6.18 Å². The number of rotatable bonds is 2.